The Morgan fingerprint density at radius 2 is 1.88 bits per heavy atom. The zero-order valence-electron chi connectivity index (χ0n) is 13.0. The van der Waals surface area contributed by atoms with Gasteiger partial charge in [-0.25, -0.2) is 4.98 Å². The molecule has 1 aromatic heterocycles. The van der Waals surface area contributed by atoms with Crippen LogP contribution in [0.15, 0.2) is 66.0 Å². The van der Waals surface area contributed by atoms with Crippen molar-refractivity contribution in [3.8, 4) is 11.3 Å². The molecule has 0 saturated carbocycles. The molecule has 0 spiro atoms. The van der Waals surface area contributed by atoms with Crippen LogP contribution in [0, 0.1) is 10.1 Å². The molecule has 0 aliphatic carbocycles. The lowest BCUT2D eigenvalue weighted by atomic mass is 10.2. The minimum absolute atomic E-state index is 0.0911. The first kappa shape index (κ1) is 16.7. The first-order valence-corrected chi connectivity index (χ1v) is 8.38. The van der Waals surface area contributed by atoms with E-state index < -0.39 is 4.92 Å². The van der Waals surface area contributed by atoms with Gasteiger partial charge in [0, 0.05) is 6.07 Å². The van der Waals surface area contributed by atoms with Gasteiger partial charge in [0.25, 0.3) is 5.69 Å². The number of para-hydroxylation sites is 2. The Balaban J connectivity index is 1.60. The molecule has 0 unspecified atom stereocenters. The highest BCUT2D eigenvalue weighted by Crippen LogP contribution is 2.24. The number of anilines is 1. The van der Waals surface area contributed by atoms with Crippen molar-refractivity contribution in [1.82, 2.24) is 9.97 Å². The van der Waals surface area contributed by atoms with Crippen LogP contribution in [0.4, 0.5) is 11.4 Å². The van der Waals surface area contributed by atoms with Crippen molar-refractivity contribution in [3.63, 3.8) is 0 Å². The summed E-state index contributed by atoms with van der Waals surface area (Å²) >= 11 is 1.23. The largest absolute Gasteiger partial charge is 0.333 e. The van der Waals surface area contributed by atoms with E-state index in [9.17, 15) is 14.9 Å². The molecule has 1 amide bonds. The lowest BCUT2D eigenvalue weighted by Crippen LogP contribution is -2.15. The fourth-order valence-electron chi connectivity index (χ4n) is 2.20. The molecule has 1 heterocycles. The van der Waals surface area contributed by atoms with Crippen molar-refractivity contribution in [2.75, 3.05) is 11.1 Å². The van der Waals surface area contributed by atoms with E-state index in [4.69, 9.17) is 0 Å². The molecule has 25 heavy (non-hydrogen) atoms. The minimum Gasteiger partial charge on any atom is -0.333 e. The predicted octanol–water partition coefficient (Wildman–Crippen LogP) is 3.72. The van der Waals surface area contributed by atoms with Crippen molar-refractivity contribution in [2.45, 2.75) is 5.16 Å². The van der Waals surface area contributed by atoms with Crippen molar-refractivity contribution < 1.29 is 9.72 Å². The number of carbonyl (C=O) groups excluding carboxylic acids is 1. The van der Waals surface area contributed by atoms with E-state index in [2.05, 4.69) is 15.3 Å². The second kappa shape index (κ2) is 7.63. The van der Waals surface area contributed by atoms with Gasteiger partial charge < -0.3 is 10.3 Å². The number of nitrogens with one attached hydrogen (secondary N) is 2. The van der Waals surface area contributed by atoms with Crippen LogP contribution in [0.1, 0.15) is 0 Å². The Morgan fingerprint density at radius 1 is 1.16 bits per heavy atom. The minimum atomic E-state index is -0.526. The Kier molecular flexibility index (Phi) is 5.10. The average Bonchev–Trinajstić information content (AvgIpc) is 3.10. The van der Waals surface area contributed by atoms with E-state index in [-0.39, 0.29) is 23.0 Å². The van der Waals surface area contributed by atoms with Crippen molar-refractivity contribution >= 4 is 29.0 Å². The van der Waals surface area contributed by atoms with E-state index in [1.165, 1.54) is 23.9 Å². The van der Waals surface area contributed by atoms with Gasteiger partial charge >= 0.3 is 0 Å². The van der Waals surface area contributed by atoms with Crippen LogP contribution in [0.3, 0.4) is 0 Å². The number of hydrogen-bond acceptors (Lipinski definition) is 5. The van der Waals surface area contributed by atoms with Gasteiger partial charge in [0.15, 0.2) is 5.16 Å². The van der Waals surface area contributed by atoms with Crippen LogP contribution in [-0.4, -0.2) is 26.6 Å². The molecular formula is C17H14N4O3S. The van der Waals surface area contributed by atoms with Gasteiger partial charge in [0.2, 0.25) is 5.91 Å². The van der Waals surface area contributed by atoms with E-state index in [1.54, 1.807) is 18.3 Å². The summed E-state index contributed by atoms with van der Waals surface area (Å²) in [4.78, 5) is 29.8. The first-order chi connectivity index (χ1) is 12.1. The molecule has 0 atom stereocenters. The van der Waals surface area contributed by atoms with E-state index >= 15 is 0 Å². The molecule has 3 rings (SSSR count). The number of H-pyrrole nitrogens is 1. The summed E-state index contributed by atoms with van der Waals surface area (Å²) in [7, 11) is 0. The summed E-state index contributed by atoms with van der Waals surface area (Å²) in [6.45, 7) is 0. The van der Waals surface area contributed by atoms with Crippen molar-refractivity contribution in [2.24, 2.45) is 0 Å². The second-order valence-electron chi connectivity index (χ2n) is 5.08. The fraction of sp³-hybridized carbons (Fsp3) is 0.0588. The topological polar surface area (TPSA) is 101 Å². The quantitative estimate of drug-likeness (QED) is 0.399. The Hall–Kier alpha value is -3.13. The fourth-order valence-corrected chi connectivity index (χ4v) is 2.85. The molecule has 0 bridgehead atoms. The zero-order chi connectivity index (χ0) is 17.6. The molecule has 0 aliphatic rings. The molecule has 2 aromatic carbocycles. The van der Waals surface area contributed by atoms with Crippen LogP contribution in [0.25, 0.3) is 11.3 Å². The van der Waals surface area contributed by atoms with E-state index in [0.29, 0.717) is 5.16 Å². The standard InChI is InChI=1S/C17H14N4O3S/c22-16(19-13-8-4-5-9-15(13)21(23)24)11-25-17-18-10-14(20-17)12-6-2-1-3-7-12/h1-10H,11H2,(H,18,20)(H,19,22). The lowest BCUT2D eigenvalue weighted by molar-refractivity contribution is -0.383. The number of rotatable bonds is 6. The SMILES string of the molecule is O=C(CSc1ncc(-c2ccccc2)[nH]1)Nc1ccccc1[N+](=O)[O-]. The Labute approximate surface area is 147 Å². The smallest absolute Gasteiger partial charge is 0.292 e. The molecule has 8 heteroatoms. The molecule has 0 saturated heterocycles. The van der Waals surface area contributed by atoms with Crippen LogP contribution in [0.2, 0.25) is 0 Å². The van der Waals surface area contributed by atoms with Crippen LogP contribution >= 0.6 is 11.8 Å². The maximum absolute atomic E-state index is 12.0. The summed E-state index contributed by atoms with van der Waals surface area (Å²) in [5, 5.41) is 14.1. The van der Waals surface area contributed by atoms with Gasteiger partial charge in [-0.05, 0) is 11.6 Å². The number of aromatic nitrogens is 2. The summed E-state index contributed by atoms with van der Waals surface area (Å²) in [6, 6.07) is 15.8. The van der Waals surface area contributed by atoms with Gasteiger partial charge in [0.05, 0.1) is 22.6 Å². The number of imidazole rings is 1. The predicted molar refractivity (Wildman–Crippen MR) is 96.5 cm³/mol. The molecule has 0 radical (unpaired) electrons. The normalized spacial score (nSPS) is 10.4. The number of aromatic amines is 1. The van der Waals surface area contributed by atoms with E-state index in [1.807, 2.05) is 30.3 Å². The number of benzene rings is 2. The van der Waals surface area contributed by atoms with Gasteiger partial charge in [0.1, 0.15) is 5.69 Å². The number of nitrogens with zero attached hydrogens (tertiary/aromatic N) is 2. The number of hydrogen-bond donors (Lipinski definition) is 2. The maximum Gasteiger partial charge on any atom is 0.292 e. The maximum atomic E-state index is 12.0. The van der Waals surface area contributed by atoms with Crippen LogP contribution in [0.5, 0.6) is 0 Å². The molecule has 0 fully saturated rings. The summed E-state index contributed by atoms with van der Waals surface area (Å²) in [5.41, 5.74) is 1.92. The monoisotopic (exact) mass is 354 g/mol. The van der Waals surface area contributed by atoms with Gasteiger partial charge in [-0.3, -0.25) is 14.9 Å². The molecule has 0 aliphatic heterocycles. The number of nitro groups is 1. The number of carbonyl (C=O) groups is 1. The second-order valence-corrected chi connectivity index (χ2v) is 6.04. The highest BCUT2D eigenvalue weighted by Gasteiger charge is 2.15. The van der Waals surface area contributed by atoms with Gasteiger partial charge in [-0.2, -0.15) is 0 Å². The molecule has 7 nitrogen and oxygen atoms in total. The Bertz CT molecular complexity index is 896. The summed E-state index contributed by atoms with van der Waals surface area (Å²) in [5.74, 6) is -0.245. The number of thioether (sulfide) groups is 1. The number of nitro benzene ring substituents is 1. The van der Waals surface area contributed by atoms with Crippen molar-refractivity contribution in [3.05, 3.63) is 70.9 Å². The zero-order valence-corrected chi connectivity index (χ0v) is 13.8. The van der Waals surface area contributed by atoms with Gasteiger partial charge in [-0.15, -0.1) is 0 Å². The van der Waals surface area contributed by atoms with Crippen molar-refractivity contribution in [1.29, 1.82) is 0 Å². The first-order valence-electron chi connectivity index (χ1n) is 7.40. The highest BCUT2D eigenvalue weighted by molar-refractivity contribution is 7.99. The van der Waals surface area contributed by atoms with Crippen LogP contribution in [-0.2, 0) is 4.79 Å². The van der Waals surface area contributed by atoms with Crippen LogP contribution < -0.4 is 5.32 Å². The highest BCUT2D eigenvalue weighted by atomic mass is 32.2. The molecule has 2 N–H and O–H groups in total. The van der Waals surface area contributed by atoms with Gasteiger partial charge in [-0.1, -0.05) is 54.2 Å². The third-order valence-corrected chi connectivity index (χ3v) is 4.24. The Morgan fingerprint density at radius 3 is 2.64 bits per heavy atom. The lowest BCUT2D eigenvalue weighted by Gasteiger charge is -2.04. The van der Waals surface area contributed by atoms with E-state index in [0.717, 1.165) is 11.3 Å². The average molecular weight is 354 g/mol. The third-order valence-electron chi connectivity index (χ3n) is 3.35. The summed E-state index contributed by atoms with van der Waals surface area (Å²) < 4.78 is 0. The number of amides is 1. The summed E-state index contributed by atoms with van der Waals surface area (Å²) in [6.07, 6.45) is 1.71. The third kappa shape index (κ3) is 4.24. The molecule has 126 valence electrons. The molecule has 3 aromatic rings. The molecular weight excluding hydrogens is 340 g/mol.